The Labute approximate surface area is 234 Å². The highest BCUT2D eigenvalue weighted by Gasteiger charge is 2.34. The van der Waals surface area contributed by atoms with Gasteiger partial charge in [0.15, 0.2) is 0 Å². The van der Waals surface area contributed by atoms with E-state index in [4.69, 9.17) is 31.3 Å². The number of hydrogen-bond donors (Lipinski definition) is 11. The number of nitrogens with one attached hydrogen (secondary N) is 4. The van der Waals surface area contributed by atoms with E-state index in [0.29, 0.717) is 0 Å². The van der Waals surface area contributed by atoms with Crippen molar-refractivity contribution >= 4 is 59.4 Å². The second-order valence-corrected chi connectivity index (χ2v) is 8.51. The number of rotatable bonds is 20. The normalized spacial score (nSPS) is 14.0. The van der Waals surface area contributed by atoms with Crippen LogP contribution in [0.3, 0.4) is 0 Å². The van der Waals surface area contributed by atoms with Crippen LogP contribution in [0.1, 0.15) is 38.5 Å². The Morgan fingerprint density at radius 3 is 1.05 bits per heavy atom. The Balaban J connectivity index is 5.92. The third-order valence-corrected chi connectivity index (χ3v) is 5.03. The molecule has 0 saturated carbocycles. The molecular formula is C21H29N5O16. The molecule has 0 heterocycles. The molecule has 0 aliphatic heterocycles. The summed E-state index contributed by atoms with van der Waals surface area (Å²) in [5.41, 5.74) is 5.36. The summed E-state index contributed by atoms with van der Waals surface area (Å²) < 4.78 is 0. The summed E-state index contributed by atoms with van der Waals surface area (Å²) in [4.78, 5) is 117. The summed E-state index contributed by atoms with van der Waals surface area (Å²) in [5.74, 6) is -15.4. The minimum Gasteiger partial charge on any atom is -0.481 e. The van der Waals surface area contributed by atoms with Crippen LogP contribution >= 0.6 is 0 Å². The van der Waals surface area contributed by atoms with E-state index in [1.807, 2.05) is 21.3 Å². The van der Waals surface area contributed by atoms with E-state index < -0.39 is 128 Å². The van der Waals surface area contributed by atoms with Gasteiger partial charge in [-0.25, -0.2) is 4.79 Å². The van der Waals surface area contributed by atoms with Crippen LogP contribution < -0.4 is 27.0 Å². The van der Waals surface area contributed by atoms with Gasteiger partial charge in [0, 0.05) is 6.42 Å². The zero-order valence-electron chi connectivity index (χ0n) is 21.5. The van der Waals surface area contributed by atoms with E-state index >= 15 is 0 Å². The molecule has 0 saturated heterocycles. The molecule has 0 aliphatic rings. The Morgan fingerprint density at radius 2 is 0.762 bits per heavy atom. The first-order valence-electron chi connectivity index (χ1n) is 11.6. The van der Waals surface area contributed by atoms with Crippen molar-refractivity contribution in [2.75, 3.05) is 0 Å². The average molecular weight is 607 g/mol. The molecule has 0 aromatic carbocycles. The lowest BCUT2D eigenvalue weighted by atomic mass is 10.1. The van der Waals surface area contributed by atoms with Gasteiger partial charge >= 0.3 is 35.8 Å². The summed E-state index contributed by atoms with van der Waals surface area (Å²) in [6, 6.07) is -9.77. The molecule has 12 N–H and O–H groups in total. The molecule has 0 aliphatic carbocycles. The van der Waals surface area contributed by atoms with Crippen LogP contribution in [0.2, 0.25) is 0 Å². The van der Waals surface area contributed by atoms with E-state index in [0.717, 1.165) is 0 Å². The second-order valence-electron chi connectivity index (χ2n) is 8.51. The number of carboxylic acids is 6. The summed E-state index contributed by atoms with van der Waals surface area (Å²) in [6.07, 6.45) is -5.81. The smallest absolute Gasteiger partial charge is 0.326 e. The Kier molecular flexibility index (Phi) is 15.2. The molecule has 4 amide bonds. The van der Waals surface area contributed by atoms with Gasteiger partial charge in [-0.2, -0.15) is 0 Å². The first kappa shape index (κ1) is 36.7. The quantitative estimate of drug-likeness (QED) is 0.0617. The molecule has 21 nitrogen and oxygen atoms in total. The summed E-state index contributed by atoms with van der Waals surface area (Å²) >= 11 is 0. The maximum absolute atomic E-state index is 12.8. The molecule has 21 heteroatoms. The van der Waals surface area contributed by atoms with Gasteiger partial charge in [0.1, 0.15) is 24.2 Å². The second kappa shape index (κ2) is 17.4. The zero-order chi connectivity index (χ0) is 32.7. The molecule has 0 bridgehead atoms. The number of carboxylic acid groups (broad SMARTS) is 6. The predicted octanol–water partition coefficient (Wildman–Crippen LogP) is -4.90. The van der Waals surface area contributed by atoms with Crippen LogP contribution in [-0.2, 0) is 47.9 Å². The minimum atomic E-state index is -2.12. The first-order chi connectivity index (χ1) is 19.3. The Hall–Kier alpha value is -5.34. The molecule has 0 aromatic heterocycles. The van der Waals surface area contributed by atoms with Gasteiger partial charge in [0.05, 0.1) is 31.7 Å². The predicted molar refractivity (Wildman–Crippen MR) is 129 cm³/mol. The van der Waals surface area contributed by atoms with E-state index in [1.54, 1.807) is 0 Å². The van der Waals surface area contributed by atoms with Gasteiger partial charge in [0.2, 0.25) is 23.6 Å². The lowest BCUT2D eigenvalue weighted by Gasteiger charge is -2.25. The van der Waals surface area contributed by atoms with Crippen LogP contribution in [0.4, 0.5) is 0 Å². The molecule has 0 unspecified atom stereocenters. The summed E-state index contributed by atoms with van der Waals surface area (Å²) in [7, 11) is 0. The van der Waals surface area contributed by atoms with Crippen LogP contribution in [0, 0.1) is 0 Å². The average Bonchev–Trinajstić information content (AvgIpc) is 2.83. The van der Waals surface area contributed by atoms with Crippen molar-refractivity contribution in [1.82, 2.24) is 21.3 Å². The molecule has 0 rings (SSSR count). The van der Waals surface area contributed by atoms with Crippen molar-refractivity contribution in [1.29, 1.82) is 0 Å². The fraction of sp³-hybridized carbons (Fsp3) is 0.524. The maximum atomic E-state index is 12.8. The highest BCUT2D eigenvalue weighted by molar-refractivity contribution is 5.98. The zero-order valence-corrected chi connectivity index (χ0v) is 21.5. The Bertz CT molecular complexity index is 1110. The molecule has 234 valence electrons. The minimum absolute atomic E-state index is 0.630. The lowest BCUT2D eigenvalue weighted by Crippen LogP contribution is -2.59. The molecule has 0 spiro atoms. The summed E-state index contributed by atoms with van der Waals surface area (Å²) in [6.45, 7) is 0. The fourth-order valence-electron chi connectivity index (χ4n) is 3.05. The van der Waals surface area contributed by atoms with Crippen molar-refractivity contribution < 1.29 is 78.6 Å². The molecule has 0 aromatic rings. The lowest BCUT2D eigenvalue weighted by molar-refractivity contribution is -0.145. The molecule has 0 radical (unpaired) electrons. The number of carbonyl (C=O) groups is 10. The molecule has 0 fully saturated rings. The number of hydrogen-bond acceptors (Lipinski definition) is 11. The summed E-state index contributed by atoms with van der Waals surface area (Å²) in [5, 5.41) is 61.3. The molecular weight excluding hydrogens is 578 g/mol. The highest BCUT2D eigenvalue weighted by atomic mass is 16.4. The number of nitrogens with two attached hydrogens (primary N) is 1. The van der Waals surface area contributed by atoms with Gasteiger partial charge in [-0.1, -0.05) is 0 Å². The van der Waals surface area contributed by atoms with Crippen molar-refractivity contribution in [3.05, 3.63) is 0 Å². The standard InChI is InChI=1S/C21H29N5O16/c22-7(3-13(29)30)17(37)24-9(4-14(31)32)19(39)26-11(6-16(35)36)20(40)25-10(5-15(33)34)18(38)23-8(21(41)42)1-2-12(27)28/h7-11H,1-6,22H2,(H,23,38)(H,24,37)(H,25,40)(H,26,39)(H,27,28)(H,29,30)(H,31,32)(H,33,34)(H,35,36)(H,41,42)/t7-,8-,9-,10-,11-/m0/s1. The van der Waals surface area contributed by atoms with E-state index in [-0.39, 0.29) is 0 Å². The van der Waals surface area contributed by atoms with Gasteiger partial charge in [-0.05, 0) is 6.42 Å². The van der Waals surface area contributed by atoms with Crippen molar-refractivity contribution in [2.45, 2.75) is 68.7 Å². The maximum Gasteiger partial charge on any atom is 0.326 e. The monoisotopic (exact) mass is 607 g/mol. The number of amides is 4. The van der Waals surface area contributed by atoms with Crippen molar-refractivity contribution in [2.24, 2.45) is 5.73 Å². The topological polar surface area (TPSA) is 366 Å². The van der Waals surface area contributed by atoms with Gasteiger partial charge in [-0.15, -0.1) is 0 Å². The van der Waals surface area contributed by atoms with Crippen LogP contribution in [-0.4, -0.2) is 120 Å². The molecule has 42 heavy (non-hydrogen) atoms. The SMILES string of the molecule is N[C@@H](CC(=O)O)C(=O)N[C@@H](CC(=O)O)C(=O)N[C@@H](CC(=O)O)C(=O)N[C@@H](CC(=O)O)C(=O)N[C@@H](CCC(=O)O)C(=O)O. The van der Waals surface area contributed by atoms with Gasteiger partial charge in [-0.3, -0.25) is 43.2 Å². The number of carbonyl (C=O) groups excluding carboxylic acids is 4. The van der Waals surface area contributed by atoms with Crippen LogP contribution in [0.15, 0.2) is 0 Å². The highest BCUT2D eigenvalue weighted by Crippen LogP contribution is 2.04. The van der Waals surface area contributed by atoms with E-state index in [9.17, 15) is 53.1 Å². The largest absolute Gasteiger partial charge is 0.481 e. The van der Waals surface area contributed by atoms with Crippen LogP contribution in [0.5, 0.6) is 0 Å². The first-order valence-corrected chi connectivity index (χ1v) is 11.6. The van der Waals surface area contributed by atoms with E-state index in [2.05, 4.69) is 0 Å². The van der Waals surface area contributed by atoms with E-state index in [1.165, 1.54) is 0 Å². The Morgan fingerprint density at radius 1 is 0.452 bits per heavy atom. The molecule has 5 atom stereocenters. The third-order valence-electron chi connectivity index (χ3n) is 5.03. The van der Waals surface area contributed by atoms with Crippen molar-refractivity contribution in [3.63, 3.8) is 0 Å². The fourth-order valence-corrected chi connectivity index (χ4v) is 3.05. The van der Waals surface area contributed by atoms with Crippen molar-refractivity contribution in [3.8, 4) is 0 Å². The van der Waals surface area contributed by atoms with Crippen LogP contribution in [0.25, 0.3) is 0 Å². The van der Waals surface area contributed by atoms with Gasteiger partial charge < -0.3 is 57.6 Å². The van der Waals surface area contributed by atoms with Gasteiger partial charge in [0.25, 0.3) is 0 Å². The number of aliphatic carboxylic acids is 6. The third kappa shape index (κ3) is 14.7.